The molecule has 0 atom stereocenters. The number of nitrogens with zero attached hydrogens (tertiary/aromatic N) is 1. The van der Waals surface area contributed by atoms with Crippen LogP contribution in [0.5, 0.6) is 0 Å². The SMILES string of the molecule is CCC(CC)c1nc(C(C)C)c(C(=N)N)s1. The molecule has 1 aromatic rings. The fraction of sp³-hybridized carbons (Fsp3) is 0.667. The second-order valence-electron chi connectivity index (χ2n) is 4.35. The summed E-state index contributed by atoms with van der Waals surface area (Å²) in [4.78, 5) is 5.53. The zero-order chi connectivity index (χ0) is 12.3. The highest BCUT2D eigenvalue weighted by Crippen LogP contribution is 2.32. The van der Waals surface area contributed by atoms with Gasteiger partial charge in [-0.25, -0.2) is 4.98 Å². The number of hydrogen-bond acceptors (Lipinski definition) is 3. The minimum Gasteiger partial charge on any atom is -0.383 e. The maximum Gasteiger partial charge on any atom is 0.135 e. The van der Waals surface area contributed by atoms with E-state index in [1.807, 2.05) is 0 Å². The molecule has 0 saturated heterocycles. The summed E-state index contributed by atoms with van der Waals surface area (Å²) in [7, 11) is 0. The van der Waals surface area contributed by atoms with Crippen molar-refractivity contribution < 1.29 is 0 Å². The minimum absolute atomic E-state index is 0.151. The number of hydrogen-bond donors (Lipinski definition) is 2. The fourth-order valence-corrected chi connectivity index (χ4v) is 3.09. The number of rotatable bonds is 5. The van der Waals surface area contributed by atoms with Gasteiger partial charge < -0.3 is 5.73 Å². The lowest BCUT2D eigenvalue weighted by Gasteiger charge is -2.07. The Morgan fingerprint density at radius 2 is 1.94 bits per heavy atom. The summed E-state index contributed by atoms with van der Waals surface area (Å²) >= 11 is 1.59. The molecule has 0 aliphatic heterocycles. The van der Waals surface area contributed by atoms with Gasteiger partial charge in [-0.2, -0.15) is 0 Å². The van der Waals surface area contributed by atoms with E-state index in [9.17, 15) is 0 Å². The normalized spacial score (nSPS) is 11.4. The Morgan fingerprint density at radius 3 is 2.25 bits per heavy atom. The Labute approximate surface area is 102 Å². The molecule has 0 aliphatic carbocycles. The van der Waals surface area contributed by atoms with Crippen LogP contribution in [0.4, 0.5) is 0 Å². The van der Waals surface area contributed by atoms with Crippen molar-refractivity contribution in [1.82, 2.24) is 4.98 Å². The summed E-state index contributed by atoms with van der Waals surface area (Å²) < 4.78 is 0. The van der Waals surface area contributed by atoms with Crippen LogP contribution in [0.25, 0.3) is 0 Å². The molecular formula is C12H21N3S. The van der Waals surface area contributed by atoms with E-state index in [4.69, 9.17) is 11.1 Å². The summed E-state index contributed by atoms with van der Waals surface area (Å²) in [6.45, 7) is 8.55. The molecule has 1 heterocycles. The molecule has 0 radical (unpaired) electrons. The van der Waals surface area contributed by atoms with Gasteiger partial charge in [-0.15, -0.1) is 11.3 Å². The van der Waals surface area contributed by atoms with Crippen molar-refractivity contribution in [3.63, 3.8) is 0 Å². The molecule has 1 aromatic heterocycles. The van der Waals surface area contributed by atoms with Gasteiger partial charge in [0, 0.05) is 5.92 Å². The largest absolute Gasteiger partial charge is 0.383 e. The average Bonchev–Trinajstić information content (AvgIpc) is 2.64. The number of aromatic nitrogens is 1. The molecule has 0 fully saturated rings. The van der Waals surface area contributed by atoms with Crippen LogP contribution in [0.1, 0.15) is 68.0 Å². The van der Waals surface area contributed by atoms with E-state index in [1.165, 1.54) is 0 Å². The van der Waals surface area contributed by atoms with Gasteiger partial charge >= 0.3 is 0 Å². The van der Waals surface area contributed by atoms with E-state index >= 15 is 0 Å². The Morgan fingerprint density at radius 1 is 1.38 bits per heavy atom. The number of nitrogens with two attached hydrogens (primary N) is 1. The van der Waals surface area contributed by atoms with Crippen LogP contribution in [0.15, 0.2) is 0 Å². The molecule has 3 N–H and O–H groups in total. The average molecular weight is 239 g/mol. The third-order valence-electron chi connectivity index (χ3n) is 2.80. The van der Waals surface area contributed by atoms with Gasteiger partial charge in [-0.3, -0.25) is 5.41 Å². The zero-order valence-corrected chi connectivity index (χ0v) is 11.3. The van der Waals surface area contributed by atoms with E-state index in [2.05, 4.69) is 32.7 Å². The number of nitrogen functional groups attached to an aromatic ring is 1. The van der Waals surface area contributed by atoms with Crippen LogP contribution in [0.2, 0.25) is 0 Å². The van der Waals surface area contributed by atoms with E-state index in [0.717, 1.165) is 28.4 Å². The summed E-state index contributed by atoms with van der Waals surface area (Å²) in [5.74, 6) is 0.993. The summed E-state index contributed by atoms with van der Waals surface area (Å²) in [5, 5.41) is 8.72. The van der Waals surface area contributed by atoms with E-state index in [1.54, 1.807) is 11.3 Å². The molecule has 16 heavy (non-hydrogen) atoms. The second-order valence-corrected chi connectivity index (χ2v) is 5.38. The number of amidine groups is 1. The lowest BCUT2D eigenvalue weighted by molar-refractivity contribution is 0.632. The van der Waals surface area contributed by atoms with Gasteiger partial charge in [0.25, 0.3) is 0 Å². The quantitative estimate of drug-likeness (QED) is 0.610. The first-order valence-corrected chi connectivity index (χ1v) is 6.67. The van der Waals surface area contributed by atoms with Crippen LogP contribution in [0, 0.1) is 5.41 Å². The minimum atomic E-state index is 0.151. The van der Waals surface area contributed by atoms with Gasteiger partial charge in [0.2, 0.25) is 0 Å². The first kappa shape index (κ1) is 13.2. The maximum atomic E-state index is 7.59. The Kier molecular flexibility index (Phi) is 4.47. The lowest BCUT2D eigenvalue weighted by Crippen LogP contribution is -2.12. The highest BCUT2D eigenvalue weighted by molar-refractivity contribution is 7.14. The van der Waals surface area contributed by atoms with Crippen LogP contribution in [-0.4, -0.2) is 10.8 Å². The third kappa shape index (κ3) is 2.61. The molecule has 0 aromatic carbocycles. The zero-order valence-electron chi connectivity index (χ0n) is 10.5. The van der Waals surface area contributed by atoms with Crippen molar-refractivity contribution >= 4 is 17.2 Å². The second kappa shape index (κ2) is 5.43. The highest BCUT2D eigenvalue weighted by Gasteiger charge is 2.19. The monoisotopic (exact) mass is 239 g/mol. The summed E-state index contributed by atoms with van der Waals surface area (Å²) in [5.41, 5.74) is 6.59. The molecule has 90 valence electrons. The summed E-state index contributed by atoms with van der Waals surface area (Å²) in [6, 6.07) is 0. The molecule has 1 rings (SSSR count). The first-order chi connectivity index (χ1) is 7.51. The molecule has 3 nitrogen and oxygen atoms in total. The van der Waals surface area contributed by atoms with Crippen LogP contribution in [-0.2, 0) is 0 Å². The lowest BCUT2D eigenvalue weighted by atomic mass is 10.0. The van der Waals surface area contributed by atoms with Gasteiger partial charge in [-0.1, -0.05) is 27.7 Å². The van der Waals surface area contributed by atoms with Crippen LogP contribution in [0.3, 0.4) is 0 Å². The van der Waals surface area contributed by atoms with Gasteiger partial charge in [0.05, 0.1) is 15.6 Å². The standard InChI is InChI=1S/C12H21N3S/c1-5-8(6-2)12-15-9(7(3)4)10(16-12)11(13)14/h7-8H,5-6H2,1-4H3,(H3,13,14). The van der Waals surface area contributed by atoms with Crippen molar-refractivity contribution in [2.75, 3.05) is 0 Å². The molecule has 0 unspecified atom stereocenters. The Balaban J connectivity index is 3.15. The molecule has 0 aliphatic rings. The van der Waals surface area contributed by atoms with Gasteiger partial charge in [0.15, 0.2) is 0 Å². The summed E-state index contributed by atoms with van der Waals surface area (Å²) in [6.07, 6.45) is 2.19. The van der Waals surface area contributed by atoms with Gasteiger partial charge in [-0.05, 0) is 18.8 Å². The Bertz CT molecular complexity index is 364. The van der Waals surface area contributed by atoms with Crippen molar-refractivity contribution in [1.29, 1.82) is 5.41 Å². The van der Waals surface area contributed by atoms with E-state index in [0.29, 0.717) is 11.8 Å². The Hall–Kier alpha value is -0.900. The fourth-order valence-electron chi connectivity index (χ4n) is 1.75. The molecule has 0 amide bonds. The van der Waals surface area contributed by atoms with Crippen molar-refractivity contribution in [3.8, 4) is 0 Å². The topological polar surface area (TPSA) is 62.8 Å². The molecule has 4 heteroatoms. The number of nitrogens with one attached hydrogen (secondary N) is 1. The highest BCUT2D eigenvalue weighted by atomic mass is 32.1. The molecular weight excluding hydrogens is 218 g/mol. The third-order valence-corrected chi connectivity index (χ3v) is 4.06. The van der Waals surface area contributed by atoms with Gasteiger partial charge in [0.1, 0.15) is 5.84 Å². The first-order valence-electron chi connectivity index (χ1n) is 5.86. The smallest absolute Gasteiger partial charge is 0.135 e. The van der Waals surface area contributed by atoms with E-state index < -0.39 is 0 Å². The van der Waals surface area contributed by atoms with Crippen LogP contribution < -0.4 is 5.73 Å². The molecule has 0 spiro atoms. The number of thiazole rings is 1. The predicted octanol–water partition coefficient (Wildman–Crippen LogP) is 3.45. The van der Waals surface area contributed by atoms with Crippen molar-refractivity contribution in [3.05, 3.63) is 15.6 Å². The van der Waals surface area contributed by atoms with E-state index in [-0.39, 0.29) is 5.84 Å². The maximum absolute atomic E-state index is 7.59. The van der Waals surface area contributed by atoms with Crippen LogP contribution >= 0.6 is 11.3 Å². The molecule has 0 bridgehead atoms. The van der Waals surface area contributed by atoms with Crippen molar-refractivity contribution in [2.45, 2.75) is 52.4 Å². The van der Waals surface area contributed by atoms with Crippen molar-refractivity contribution in [2.24, 2.45) is 5.73 Å². The molecule has 0 saturated carbocycles. The predicted molar refractivity (Wildman–Crippen MR) is 70.5 cm³/mol.